The van der Waals surface area contributed by atoms with Crippen molar-refractivity contribution in [3.8, 4) is 0 Å². The van der Waals surface area contributed by atoms with Crippen molar-refractivity contribution in [3.63, 3.8) is 0 Å². The summed E-state index contributed by atoms with van der Waals surface area (Å²) in [5, 5.41) is 10.5. The van der Waals surface area contributed by atoms with Crippen molar-refractivity contribution in [3.05, 3.63) is 71.5 Å². The molecule has 0 saturated carbocycles. The second-order valence-electron chi connectivity index (χ2n) is 7.83. The number of halogens is 1. The summed E-state index contributed by atoms with van der Waals surface area (Å²) in [6.45, 7) is 2.69. The summed E-state index contributed by atoms with van der Waals surface area (Å²) in [7, 11) is 0. The van der Waals surface area contributed by atoms with Crippen LogP contribution in [0.25, 0.3) is 0 Å². The molecule has 0 amide bonds. The van der Waals surface area contributed by atoms with Crippen LogP contribution >= 0.6 is 0 Å². The highest BCUT2D eigenvalue weighted by Crippen LogP contribution is 2.23. The Morgan fingerprint density at radius 1 is 1.00 bits per heavy atom. The number of hydrogen-bond donors (Lipinski definition) is 2. The van der Waals surface area contributed by atoms with Crippen molar-refractivity contribution in [1.29, 1.82) is 0 Å². The minimum Gasteiger partial charge on any atom is -0.390 e. The molecule has 2 aromatic carbocycles. The fourth-order valence-electron chi connectivity index (χ4n) is 3.90. The molecule has 0 radical (unpaired) electrons. The second-order valence-corrected chi connectivity index (χ2v) is 7.83. The fraction of sp³-hybridized carbons (Fsp3) is 0.478. The summed E-state index contributed by atoms with van der Waals surface area (Å²) < 4.78 is 13.0. The molecule has 2 unspecified atom stereocenters. The first-order valence-electron chi connectivity index (χ1n) is 10.0. The van der Waals surface area contributed by atoms with Gasteiger partial charge in [-0.3, -0.25) is 0 Å². The highest BCUT2D eigenvalue weighted by atomic mass is 19.1. The van der Waals surface area contributed by atoms with Gasteiger partial charge in [-0.15, -0.1) is 0 Å². The Morgan fingerprint density at radius 2 is 1.67 bits per heavy atom. The molecular formula is C23H31FN2O. The van der Waals surface area contributed by atoms with Gasteiger partial charge in [-0.25, -0.2) is 4.39 Å². The zero-order valence-electron chi connectivity index (χ0n) is 15.9. The van der Waals surface area contributed by atoms with E-state index in [0.29, 0.717) is 18.9 Å². The molecule has 0 bridgehead atoms. The fourth-order valence-corrected chi connectivity index (χ4v) is 3.90. The topological polar surface area (TPSA) is 49.5 Å². The predicted molar refractivity (Wildman–Crippen MR) is 108 cm³/mol. The van der Waals surface area contributed by atoms with Crippen LogP contribution in [-0.4, -0.2) is 41.8 Å². The molecule has 0 spiro atoms. The summed E-state index contributed by atoms with van der Waals surface area (Å²) in [6, 6.07) is 16.7. The maximum Gasteiger partial charge on any atom is 0.123 e. The Bertz CT molecular complexity index is 669. The summed E-state index contributed by atoms with van der Waals surface area (Å²) in [6.07, 6.45) is 4.67. The first-order chi connectivity index (χ1) is 13.1. The van der Waals surface area contributed by atoms with Gasteiger partial charge in [0.15, 0.2) is 0 Å². The molecule has 2 aromatic rings. The van der Waals surface area contributed by atoms with E-state index in [-0.39, 0.29) is 11.9 Å². The molecule has 3 N–H and O–H groups in total. The van der Waals surface area contributed by atoms with Gasteiger partial charge in [-0.2, -0.15) is 0 Å². The van der Waals surface area contributed by atoms with Gasteiger partial charge in [0.2, 0.25) is 0 Å². The van der Waals surface area contributed by atoms with E-state index < -0.39 is 6.10 Å². The maximum atomic E-state index is 13.0. The molecule has 1 saturated heterocycles. The van der Waals surface area contributed by atoms with E-state index in [1.165, 1.54) is 23.3 Å². The third kappa shape index (κ3) is 6.42. The van der Waals surface area contributed by atoms with Gasteiger partial charge in [-0.1, -0.05) is 42.5 Å². The molecule has 1 fully saturated rings. The Hall–Kier alpha value is -1.75. The first-order valence-corrected chi connectivity index (χ1v) is 10.0. The molecule has 0 aliphatic carbocycles. The number of aryl methyl sites for hydroxylation is 1. The second kappa shape index (κ2) is 9.98. The molecule has 3 nitrogen and oxygen atoms in total. The van der Waals surface area contributed by atoms with E-state index in [1.807, 2.05) is 30.3 Å². The van der Waals surface area contributed by atoms with E-state index in [4.69, 9.17) is 5.73 Å². The number of rotatable bonds is 8. The Labute approximate surface area is 162 Å². The number of hydrogen-bond acceptors (Lipinski definition) is 3. The number of benzene rings is 2. The van der Waals surface area contributed by atoms with Crippen LogP contribution in [-0.2, 0) is 12.8 Å². The maximum absolute atomic E-state index is 13.0. The summed E-state index contributed by atoms with van der Waals surface area (Å²) in [5.74, 6) is 0.539. The Kier molecular flexibility index (Phi) is 7.39. The molecule has 4 heteroatoms. The average Bonchev–Trinajstić information content (AvgIpc) is 2.69. The van der Waals surface area contributed by atoms with Crippen molar-refractivity contribution in [2.24, 2.45) is 11.7 Å². The summed E-state index contributed by atoms with van der Waals surface area (Å²) >= 11 is 0. The highest BCUT2D eigenvalue weighted by molar-refractivity contribution is 5.17. The largest absolute Gasteiger partial charge is 0.390 e. The molecule has 1 aliphatic rings. The first kappa shape index (κ1) is 20.0. The minimum absolute atomic E-state index is 0.170. The summed E-state index contributed by atoms with van der Waals surface area (Å²) in [4.78, 5) is 2.34. The van der Waals surface area contributed by atoms with Crippen LogP contribution in [0.3, 0.4) is 0 Å². The number of nitrogens with zero attached hydrogens (tertiary/aromatic N) is 1. The van der Waals surface area contributed by atoms with Gasteiger partial charge in [0, 0.05) is 12.6 Å². The number of β-amino-alcohol motifs (C(OH)–C–C–N with tert-alkyl or cyclic N) is 1. The van der Waals surface area contributed by atoms with Crippen LogP contribution in [0.4, 0.5) is 4.39 Å². The van der Waals surface area contributed by atoms with Gasteiger partial charge < -0.3 is 15.7 Å². The van der Waals surface area contributed by atoms with E-state index in [1.54, 1.807) is 0 Å². The van der Waals surface area contributed by atoms with Crippen LogP contribution in [0, 0.1) is 11.7 Å². The van der Waals surface area contributed by atoms with Crippen LogP contribution in [0.5, 0.6) is 0 Å². The average molecular weight is 371 g/mol. The zero-order chi connectivity index (χ0) is 19.1. The molecule has 27 heavy (non-hydrogen) atoms. The number of aliphatic hydroxyl groups is 1. The Balaban J connectivity index is 1.36. The van der Waals surface area contributed by atoms with Gasteiger partial charge in [0.05, 0.1) is 6.10 Å². The van der Waals surface area contributed by atoms with Crippen molar-refractivity contribution >= 4 is 0 Å². The quantitative estimate of drug-likeness (QED) is 0.749. The lowest BCUT2D eigenvalue weighted by Gasteiger charge is -2.34. The standard InChI is InChI=1S/C23H31FN2O/c24-21-10-8-18(9-11-21)6-7-19-12-14-26(15-13-19)17-23(27)22(25)16-20-4-2-1-3-5-20/h1-5,8-11,19,22-23,27H,6-7,12-17,25H2. The van der Waals surface area contributed by atoms with Gasteiger partial charge in [0.25, 0.3) is 0 Å². The van der Waals surface area contributed by atoms with Crippen molar-refractivity contribution in [2.45, 2.75) is 44.2 Å². The van der Waals surface area contributed by atoms with Crippen LogP contribution in [0.2, 0.25) is 0 Å². The smallest absolute Gasteiger partial charge is 0.123 e. The van der Waals surface area contributed by atoms with Gasteiger partial charge >= 0.3 is 0 Å². The predicted octanol–water partition coefficient (Wildman–Crippen LogP) is 3.40. The number of nitrogens with two attached hydrogens (primary N) is 1. The monoisotopic (exact) mass is 370 g/mol. The number of piperidine rings is 1. The third-order valence-corrected chi connectivity index (χ3v) is 5.72. The molecule has 3 rings (SSSR count). The lowest BCUT2D eigenvalue weighted by atomic mass is 9.90. The number of aliphatic hydroxyl groups excluding tert-OH is 1. The van der Waals surface area contributed by atoms with Crippen LogP contribution in [0.1, 0.15) is 30.4 Å². The summed E-state index contributed by atoms with van der Waals surface area (Å²) in [5.41, 5.74) is 8.59. The molecule has 0 aromatic heterocycles. The van der Waals surface area contributed by atoms with E-state index >= 15 is 0 Å². The zero-order valence-corrected chi connectivity index (χ0v) is 15.9. The van der Waals surface area contributed by atoms with Crippen LogP contribution < -0.4 is 5.73 Å². The van der Waals surface area contributed by atoms with Crippen LogP contribution in [0.15, 0.2) is 54.6 Å². The lowest BCUT2D eigenvalue weighted by Crippen LogP contribution is -2.46. The minimum atomic E-state index is -0.499. The molecule has 1 heterocycles. The van der Waals surface area contributed by atoms with E-state index in [9.17, 15) is 9.50 Å². The third-order valence-electron chi connectivity index (χ3n) is 5.72. The van der Waals surface area contributed by atoms with Crippen molar-refractivity contribution in [2.75, 3.05) is 19.6 Å². The Morgan fingerprint density at radius 3 is 2.33 bits per heavy atom. The molecular weight excluding hydrogens is 339 g/mol. The van der Waals surface area contributed by atoms with E-state index in [0.717, 1.165) is 38.8 Å². The molecule has 1 aliphatic heterocycles. The van der Waals surface area contributed by atoms with Crippen molar-refractivity contribution < 1.29 is 9.50 Å². The highest BCUT2D eigenvalue weighted by Gasteiger charge is 2.23. The van der Waals surface area contributed by atoms with Gasteiger partial charge in [-0.05, 0) is 74.4 Å². The molecule has 146 valence electrons. The molecule has 2 atom stereocenters. The SMILES string of the molecule is NC(Cc1ccccc1)C(O)CN1CCC(CCc2ccc(F)cc2)CC1. The van der Waals surface area contributed by atoms with Gasteiger partial charge in [0.1, 0.15) is 5.82 Å². The normalized spacial score (nSPS) is 18.3. The lowest BCUT2D eigenvalue weighted by molar-refractivity contribution is 0.0716. The van der Waals surface area contributed by atoms with Crippen molar-refractivity contribution in [1.82, 2.24) is 4.90 Å². The van der Waals surface area contributed by atoms with E-state index in [2.05, 4.69) is 17.0 Å². The number of likely N-dealkylation sites (tertiary alicyclic amines) is 1.